The van der Waals surface area contributed by atoms with Crippen LogP contribution in [0, 0.1) is 25.7 Å². The number of nitrogens with one attached hydrogen (secondary N) is 2. The molecule has 2 amide bonds. The van der Waals surface area contributed by atoms with E-state index in [1.54, 1.807) is 0 Å². The van der Waals surface area contributed by atoms with Gasteiger partial charge < -0.3 is 10.6 Å². The summed E-state index contributed by atoms with van der Waals surface area (Å²) in [7, 11) is 0. The highest BCUT2D eigenvalue weighted by Gasteiger charge is 2.47. The molecule has 2 rings (SSSR count). The van der Waals surface area contributed by atoms with Crippen molar-refractivity contribution in [2.45, 2.75) is 40.0 Å². The van der Waals surface area contributed by atoms with Crippen LogP contribution >= 0.6 is 0 Å². The van der Waals surface area contributed by atoms with Gasteiger partial charge in [-0.3, -0.25) is 9.59 Å². The molecule has 0 spiro atoms. The number of rotatable bonds is 6. The molecule has 4 nitrogen and oxygen atoms in total. The van der Waals surface area contributed by atoms with E-state index in [-0.39, 0.29) is 23.7 Å². The van der Waals surface area contributed by atoms with E-state index in [0.29, 0.717) is 13.0 Å². The Morgan fingerprint density at radius 1 is 1.19 bits per heavy atom. The summed E-state index contributed by atoms with van der Waals surface area (Å²) >= 11 is 0. The zero-order valence-corrected chi connectivity index (χ0v) is 13.0. The molecule has 2 N–H and O–H groups in total. The molecule has 0 aromatic heterocycles. The molecule has 0 radical (unpaired) electrons. The van der Waals surface area contributed by atoms with Crippen LogP contribution in [-0.2, 0) is 9.59 Å². The maximum absolute atomic E-state index is 12.2. The third-order valence-corrected chi connectivity index (χ3v) is 4.16. The fourth-order valence-electron chi connectivity index (χ4n) is 2.41. The van der Waals surface area contributed by atoms with Gasteiger partial charge in [0.2, 0.25) is 11.8 Å². The zero-order valence-electron chi connectivity index (χ0n) is 13.0. The van der Waals surface area contributed by atoms with E-state index in [1.807, 2.05) is 32.0 Å². The van der Waals surface area contributed by atoms with Crippen LogP contribution in [0.5, 0.6) is 0 Å². The smallest absolute Gasteiger partial charge is 0.228 e. The molecule has 0 saturated heterocycles. The largest absolute Gasteiger partial charge is 0.356 e. The van der Waals surface area contributed by atoms with Crippen LogP contribution in [0.1, 0.15) is 37.3 Å². The Labute approximate surface area is 126 Å². The fourth-order valence-corrected chi connectivity index (χ4v) is 2.41. The van der Waals surface area contributed by atoms with Gasteiger partial charge in [0, 0.05) is 12.2 Å². The van der Waals surface area contributed by atoms with Crippen molar-refractivity contribution in [3.8, 4) is 0 Å². The Kier molecular flexibility index (Phi) is 4.99. The summed E-state index contributed by atoms with van der Waals surface area (Å²) in [4.78, 5) is 24.1. The van der Waals surface area contributed by atoms with E-state index in [9.17, 15) is 9.59 Å². The Bertz CT molecular complexity index is 540. The van der Waals surface area contributed by atoms with Crippen molar-refractivity contribution in [2.75, 3.05) is 11.9 Å². The van der Waals surface area contributed by atoms with Crippen LogP contribution in [-0.4, -0.2) is 18.4 Å². The lowest BCUT2D eigenvalue weighted by Crippen LogP contribution is -2.28. The van der Waals surface area contributed by atoms with E-state index in [0.717, 1.165) is 29.7 Å². The van der Waals surface area contributed by atoms with Crippen LogP contribution in [0.3, 0.4) is 0 Å². The summed E-state index contributed by atoms with van der Waals surface area (Å²) in [6.07, 6.45) is 2.70. The lowest BCUT2D eigenvalue weighted by atomic mass is 10.1. The van der Waals surface area contributed by atoms with Gasteiger partial charge in [-0.25, -0.2) is 0 Å². The molecule has 0 bridgehead atoms. The van der Waals surface area contributed by atoms with E-state index in [1.165, 1.54) is 0 Å². The molecule has 1 fully saturated rings. The van der Waals surface area contributed by atoms with Crippen molar-refractivity contribution in [1.29, 1.82) is 0 Å². The summed E-state index contributed by atoms with van der Waals surface area (Å²) in [6, 6.07) is 5.85. The number of hydrogen-bond donors (Lipinski definition) is 2. The summed E-state index contributed by atoms with van der Waals surface area (Å²) in [5, 5.41) is 5.84. The average Bonchev–Trinajstić information content (AvgIpc) is 3.24. The fraction of sp³-hybridized carbons (Fsp3) is 0.529. The highest BCUT2D eigenvalue weighted by Crippen LogP contribution is 2.39. The first kappa shape index (κ1) is 15.5. The molecule has 4 heteroatoms. The highest BCUT2D eigenvalue weighted by atomic mass is 16.2. The van der Waals surface area contributed by atoms with Gasteiger partial charge in [0.25, 0.3) is 0 Å². The van der Waals surface area contributed by atoms with Gasteiger partial charge in [-0.1, -0.05) is 25.5 Å². The molecule has 1 aromatic rings. The third-order valence-electron chi connectivity index (χ3n) is 4.16. The van der Waals surface area contributed by atoms with Crippen molar-refractivity contribution in [3.05, 3.63) is 29.3 Å². The maximum atomic E-state index is 12.2. The lowest BCUT2D eigenvalue weighted by molar-refractivity contribution is -0.125. The second kappa shape index (κ2) is 6.74. The van der Waals surface area contributed by atoms with Gasteiger partial charge in [-0.05, 0) is 43.9 Å². The predicted molar refractivity (Wildman–Crippen MR) is 84.1 cm³/mol. The summed E-state index contributed by atoms with van der Waals surface area (Å²) < 4.78 is 0. The SMILES string of the molecule is CCCCNC(=O)C1CC1C(=O)Nc1cccc(C)c1C. The van der Waals surface area contributed by atoms with Gasteiger partial charge >= 0.3 is 0 Å². The first-order valence-corrected chi connectivity index (χ1v) is 7.69. The van der Waals surface area contributed by atoms with Gasteiger partial charge in [0.15, 0.2) is 0 Å². The van der Waals surface area contributed by atoms with Gasteiger partial charge in [-0.2, -0.15) is 0 Å². The first-order valence-electron chi connectivity index (χ1n) is 7.69. The quantitative estimate of drug-likeness (QED) is 0.791. The molecule has 2 unspecified atom stereocenters. The minimum absolute atomic E-state index is 0.0181. The number of hydrogen-bond acceptors (Lipinski definition) is 2. The van der Waals surface area contributed by atoms with Crippen molar-refractivity contribution in [2.24, 2.45) is 11.8 Å². The molecule has 1 aliphatic carbocycles. The summed E-state index contributed by atoms with van der Waals surface area (Å²) in [5.74, 6) is -0.345. The standard InChI is InChI=1S/C17H24N2O2/c1-4-5-9-18-16(20)13-10-14(13)17(21)19-15-8-6-7-11(2)12(15)3/h6-8,13-14H,4-5,9-10H2,1-3H3,(H,18,20)(H,19,21). The number of unbranched alkanes of at least 4 members (excludes halogenated alkanes) is 1. The van der Waals surface area contributed by atoms with E-state index in [2.05, 4.69) is 17.6 Å². The zero-order chi connectivity index (χ0) is 15.4. The Balaban J connectivity index is 1.86. The number of amides is 2. The molecule has 1 saturated carbocycles. The molecule has 0 aliphatic heterocycles. The van der Waals surface area contributed by atoms with Crippen LogP contribution in [0.2, 0.25) is 0 Å². The van der Waals surface area contributed by atoms with Crippen LogP contribution in [0.4, 0.5) is 5.69 Å². The van der Waals surface area contributed by atoms with Crippen molar-refractivity contribution < 1.29 is 9.59 Å². The number of anilines is 1. The molecule has 1 aromatic carbocycles. The number of carbonyl (C=O) groups excluding carboxylic acids is 2. The van der Waals surface area contributed by atoms with E-state index < -0.39 is 0 Å². The van der Waals surface area contributed by atoms with Gasteiger partial charge in [-0.15, -0.1) is 0 Å². The predicted octanol–water partition coefficient (Wildman–Crippen LogP) is 2.79. The average molecular weight is 288 g/mol. The van der Waals surface area contributed by atoms with E-state index in [4.69, 9.17) is 0 Å². The van der Waals surface area contributed by atoms with Gasteiger partial charge in [0.05, 0.1) is 11.8 Å². The Hall–Kier alpha value is -1.84. The normalized spacial score (nSPS) is 20.0. The minimum atomic E-state index is -0.175. The molecule has 0 heterocycles. The second-order valence-corrected chi connectivity index (χ2v) is 5.83. The molecule has 21 heavy (non-hydrogen) atoms. The highest BCUT2D eigenvalue weighted by molar-refractivity contribution is 5.99. The second-order valence-electron chi connectivity index (χ2n) is 5.83. The monoisotopic (exact) mass is 288 g/mol. The molecular weight excluding hydrogens is 264 g/mol. The molecule has 114 valence electrons. The van der Waals surface area contributed by atoms with Crippen molar-refractivity contribution in [3.63, 3.8) is 0 Å². The first-order chi connectivity index (χ1) is 10.0. The van der Waals surface area contributed by atoms with Crippen molar-refractivity contribution >= 4 is 17.5 Å². The minimum Gasteiger partial charge on any atom is -0.356 e. The lowest BCUT2D eigenvalue weighted by Gasteiger charge is -2.10. The topological polar surface area (TPSA) is 58.2 Å². The number of aryl methyl sites for hydroxylation is 1. The Morgan fingerprint density at radius 3 is 2.62 bits per heavy atom. The molecule has 1 aliphatic rings. The number of carbonyl (C=O) groups is 2. The summed E-state index contributed by atoms with van der Waals surface area (Å²) in [6.45, 7) is 6.81. The van der Waals surface area contributed by atoms with Crippen LogP contribution in [0.15, 0.2) is 18.2 Å². The number of benzene rings is 1. The summed E-state index contributed by atoms with van der Waals surface area (Å²) in [5.41, 5.74) is 3.07. The maximum Gasteiger partial charge on any atom is 0.228 e. The molecular formula is C17H24N2O2. The van der Waals surface area contributed by atoms with Gasteiger partial charge in [0.1, 0.15) is 0 Å². The Morgan fingerprint density at radius 2 is 1.90 bits per heavy atom. The third kappa shape index (κ3) is 3.84. The van der Waals surface area contributed by atoms with Crippen molar-refractivity contribution in [1.82, 2.24) is 5.32 Å². The van der Waals surface area contributed by atoms with Crippen LogP contribution < -0.4 is 10.6 Å². The van der Waals surface area contributed by atoms with Crippen LogP contribution in [0.25, 0.3) is 0 Å². The van der Waals surface area contributed by atoms with E-state index >= 15 is 0 Å². The molecule has 2 atom stereocenters.